The van der Waals surface area contributed by atoms with Gasteiger partial charge in [-0.25, -0.2) is 0 Å². The van der Waals surface area contributed by atoms with Crippen molar-refractivity contribution >= 4 is 8.22 Å². The number of allylic oxidation sites excluding steroid dienone is 1. The highest BCUT2D eigenvalue weighted by Gasteiger charge is 2.28. The van der Waals surface area contributed by atoms with Crippen LogP contribution in [0.3, 0.4) is 0 Å². The highest BCUT2D eigenvalue weighted by atomic mass is 31.1. The zero-order chi connectivity index (χ0) is 12.1. The fourth-order valence-corrected chi connectivity index (χ4v) is 5.51. The van der Waals surface area contributed by atoms with Crippen LogP contribution in [0.1, 0.15) is 52.4 Å². The lowest BCUT2D eigenvalue weighted by Crippen LogP contribution is -2.24. The molecule has 0 aromatic carbocycles. The van der Waals surface area contributed by atoms with Crippen LogP contribution in [-0.2, 0) is 0 Å². The van der Waals surface area contributed by atoms with E-state index in [9.17, 15) is 0 Å². The third-order valence-electron chi connectivity index (χ3n) is 3.95. The summed E-state index contributed by atoms with van der Waals surface area (Å²) in [5.41, 5.74) is 1.66. The minimum absolute atomic E-state index is 0.109. The second-order valence-electron chi connectivity index (χ2n) is 5.14. The van der Waals surface area contributed by atoms with Gasteiger partial charge >= 0.3 is 0 Å². The van der Waals surface area contributed by atoms with E-state index in [0.29, 0.717) is 0 Å². The predicted octanol–water partition coefficient (Wildman–Crippen LogP) is 4.19. The van der Waals surface area contributed by atoms with Crippen molar-refractivity contribution < 1.29 is 0 Å². The first-order chi connectivity index (χ1) is 8.35. The molecule has 2 nitrogen and oxygen atoms in total. The van der Waals surface area contributed by atoms with Gasteiger partial charge in [0, 0.05) is 26.2 Å². The van der Waals surface area contributed by atoms with E-state index >= 15 is 0 Å². The average molecular weight is 254 g/mol. The minimum atomic E-state index is -0.109. The number of hydrogen-bond acceptors (Lipinski definition) is 2. The normalized spacial score (nSPS) is 22.5. The number of hydrogen-bond donors (Lipinski definition) is 0. The van der Waals surface area contributed by atoms with Crippen molar-refractivity contribution in [2.75, 3.05) is 26.2 Å². The Hall–Kier alpha value is 0.0900. The molecular formula is C14H27N2P. The van der Waals surface area contributed by atoms with E-state index in [2.05, 4.69) is 29.0 Å². The molecule has 3 heteroatoms. The Kier molecular flexibility index (Phi) is 5.47. The maximum absolute atomic E-state index is 2.76. The summed E-state index contributed by atoms with van der Waals surface area (Å²) in [6.07, 6.45) is 8.11. The van der Waals surface area contributed by atoms with Crippen LogP contribution in [0.25, 0.3) is 0 Å². The molecule has 17 heavy (non-hydrogen) atoms. The molecule has 2 saturated heterocycles. The quantitative estimate of drug-likeness (QED) is 0.679. The number of nitrogens with zero attached hydrogens (tertiary/aromatic N) is 2. The summed E-state index contributed by atoms with van der Waals surface area (Å²) in [4.78, 5) is 0. The Morgan fingerprint density at radius 2 is 1.29 bits per heavy atom. The van der Waals surface area contributed by atoms with Crippen LogP contribution in [0.15, 0.2) is 11.4 Å². The molecule has 0 unspecified atom stereocenters. The van der Waals surface area contributed by atoms with Crippen molar-refractivity contribution in [1.29, 1.82) is 0 Å². The van der Waals surface area contributed by atoms with E-state index in [4.69, 9.17) is 0 Å². The Bertz CT molecular complexity index is 231. The summed E-state index contributed by atoms with van der Waals surface area (Å²) in [5.74, 6) is 2.63. The van der Waals surface area contributed by atoms with Gasteiger partial charge in [0.1, 0.15) is 0 Å². The molecule has 0 aromatic heterocycles. The van der Waals surface area contributed by atoms with E-state index in [1.54, 1.807) is 5.57 Å². The van der Waals surface area contributed by atoms with Gasteiger partial charge in [0.2, 0.25) is 0 Å². The fraction of sp³-hybridized carbons (Fsp3) is 0.857. The topological polar surface area (TPSA) is 6.48 Å². The van der Waals surface area contributed by atoms with Gasteiger partial charge in [-0.2, -0.15) is 0 Å². The Morgan fingerprint density at radius 1 is 0.882 bits per heavy atom. The van der Waals surface area contributed by atoms with Crippen molar-refractivity contribution in [3.05, 3.63) is 11.4 Å². The highest BCUT2D eigenvalue weighted by Crippen LogP contribution is 2.50. The predicted molar refractivity (Wildman–Crippen MR) is 77.2 cm³/mol. The summed E-state index contributed by atoms with van der Waals surface area (Å²) in [7, 11) is -0.109. The number of rotatable bonds is 5. The Morgan fingerprint density at radius 3 is 1.65 bits per heavy atom. The van der Waals surface area contributed by atoms with Crippen LogP contribution >= 0.6 is 8.22 Å². The first kappa shape index (κ1) is 13.5. The van der Waals surface area contributed by atoms with Gasteiger partial charge in [-0.3, -0.25) is 9.34 Å². The lowest BCUT2D eigenvalue weighted by molar-refractivity contribution is 0.481. The van der Waals surface area contributed by atoms with Gasteiger partial charge in [-0.15, -0.1) is 0 Å². The van der Waals surface area contributed by atoms with Crippen LogP contribution in [-0.4, -0.2) is 35.5 Å². The molecule has 0 spiro atoms. The molecule has 2 aliphatic heterocycles. The molecule has 0 amide bonds. The molecule has 0 aliphatic carbocycles. The maximum Gasteiger partial charge on any atom is 0.0647 e. The second kappa shape index (κ2) is 6.87. The smallest absolute Gasteiger partial charge is 0.0647 e. The molecule has 2 heterocycles. The highest BCUT2D eigenvalue weighted by molar-refractivity contribution is 7.56. The van der Waals surface area contributed by atoms with E-state index in [0.717, 1.165) is 0 Å². The van der Waals surface area contributed by atoms with Gasteiger partial charge in [0.05, 0.1) is 8.22 Å². The molecule has 0 bridgehead atoms. The summed E-state index contributed by atoms with van der Waals surface area (Å²) >= 11 is 0. The molecule has 0 aromatic rings. The monoisotopic (exact) mass is 254 g/mol. The Labute approximate surface area is 108 Å². The maximum atomic E-state index is 2.76. The summed E-state index contributed by atoms with van der Waals surface area (Å²) < 4.78 is 5.51. The largest absolute Gasteiger partial charge is 0.267 e. The second-order valence-corrected chi connectivity index (χ2v) is 7.17. The van der Waals surface area contributed by atoms with Gasteiger partial charge in [-0.05, 0) is 44.3 Å². The molecular weight excluding hydrogens is 227 g/mol. The van der Waals surface area contributed by atoms with Gasteiger partial charge in [0.15, 0.2) is 0 Å². The van der Waals surface area contributed by atoms with E-state index < -0.39 is 0 Å². The zero-order valence-electron chi connectivity index (χ0n) is 11.5. The molecule has 98 valence electrons. The van der Waals surface area contributed by atoms with Crippen molar-refractivity contribution in [2.45, 2.75) is 52.4 Å². The molecule has 0 saturated carbocycles. The molecule has 0 atom stereocenters. The van der Waals surface area contributed by atoms with Crippen LogP contribution in [0, 0.1) is 0 Å². The van der Waals surface area contributed by atoms with Crippen molar-refractivity contribution in [1.82, 2.24) is 9.34 Å². The summed E-state index contributed by atoms with van der Waals surface area (Å²) in [6.45, 7) is 9.94. The van der Waals surface area contributed by atoms with Crippen LogP contribution in [0.4, 0.5) is 0 Å². The van der Waals surface area contributed by atoms with E-state index in [-0.39, 0.29) is 8.22 Å². The van der Waals surface area contributed by atoms with E-state index in [1.165, 1.54) is 64.7 Å². The SMILES string of the molecule is CCC(=CP(N1CCCC1)N1CCCC1)CC. The first-order valence-corrected chi connectivity index (χ1v) is 8.65. The third-order valence-corrected chi connectivity index (χ3v) is 6.51. The lowest BCUT2D eigenvalue weighted by Gasteiger charge is -2.33. The summed E-state index contributed by atoms with van der Waals surface area (Å²) in [5, 5.41) is 0. The average Bonchev–Trinajstić information content (AvgIpc) is 3.03. The molecule has 2 fully saturated rings. The van der Waals surface area contributed by atoms with Crippen LogP contribution < -0.4 is 0 Å². The van der Waals surface area contributed by atoms with Crippen LogP contribution in [0.2, 0.25) is 0 Å². The van der Waals surface area contributed by atoms with Gasteiger partial charge in [0.25, 0.3) is 0 Å². The summed E-state index contributed by atoms with van der Waals surface area (Å²) in [6, 6.07) is 0. The fourth-order valence-electron chi connectivity index (χ4n) is 2.75. The molecule has 0 radical (unpaired) electrons. The molecule has 2 aliphatic rings. The van der Waals surface area contributed by atoms with Crippen molar-refractivity contribution in [2.24, 2.45) is 0 Å². The third kappa shape index (κ3) is 3.53. The van der Waals surface area contributed by atoms with Crippen molar-refractivity contribution in [3.8, 4) is 0 Å². The van der Waals surface area contributed by atoms with Crippen LogP contribution in [0.5, 0.6) is 0 Å². The Balaban J connectivity index is 2.07. The lowest BCUT2D eigenvalue weighted by atomic mass is 10.2. The van der Waals surface area contributed by atoms with Gasteiger partial charge in [-0.1, -0.05) is 19.4 Å². The standard InChI is InChI=1S/C14H27N2P/c1-3-14(4-2)13-17(15-9-5-6-10-15)16-11-7-8-12-16/h13H,3-12H2,1-2H3. The minimum Gasteiger partial charge on any atom is -0.267 e. The van der Waals surface area contributed by atoms with E-state index in [1.807, 2.05) is 0 Å². The first-order valence-electron chi connectivity index (χ1n) is 7.33. The van der Waals surface area contributed by atoms with Crippen molar-refractivity contribution in [3.63, 3.8) is 0 Å². The van der Waals surface area contributed by atoms with Gasteiger partial charge < -0.3 is 0 Å². The zero-order valence-corrected chi connectivity index (χ0v) is 12.4. The molecule has 2 rings (SSSR count). The molecule has 0 N–H and O–H groups in total.